The molecule has 1 unspecified atom stereocenters. The van der Waals surface area contributed by atoms with Crippen molar-refractivity contribution < 1.29 is 9.59 Å². The molecule has 1 aliphatic rings. The molecule has 2 aromatic rings. The topological polar surface area (TPSA) is 70.2 Å². The number of carbonyl (C=O) groups is 2. The first-order valence-electron chi connectivity index (χ1n) is 7.45. The van der Waals surface area contributed by atoms with E-state index in [9.17, 15) is 9.59 Å². The van der Waals surface area contributed by atoms with Crippen LogP contribution in [0.2, 0.25) is 5.02 Å². The van der Waals surface area contributed by atoms with Crippen molar-refractivity contribution in [2.75, 3.05) is 5.32 Å². The number of halogens is 1. The molecule has 122 valence electrons. The zero-order valence-electron chi connectivity index (χ0n) is 13.0. The highest BCUT2D eigenvalue weighted by Crippen LogP contribution is 2.29. The van der Waals surface area contributed by atoms with E-state index in [1.54, 1.807) is 37.3 Å². The summed E-state index contributed by atoms with van der Waals surface area (Å²) in [5, 5.41) is 8.82. The molecular formula is C18H16ClN3O2. The Balaban J connectivity index is 1.96. The third kappa shape index (κ3) is 3.41. The molecule has 5 nitrogen and oxygen atoms in total. The Morgan fingerprint density at radius 3 is 2.58 bits per heavy atom. The van der Waals surface area contributed by atoms with E-state index in [0.29, 0.717) is 22.0 Å². The molecule has 6 heteroatoms. The summed E-state index contributed by atoms with van der Waals surface area (Å²) in [6.07, 6.45) is 0. The Morgan fingerprint density at radius 1 is 1.12 bits per heavy atom. The Bertz CT molecular complexity index is 818. The number of para-hydroxylation sites is 1. The van der Waals surface area contributed by atoms with Gasteiger partial charge in [0.1, 0.15) is 0 Å². The first-order chi connectivity index (χ1) is 11.5. The zero-order chi connectivity index (χ0) is 17.1. The van der Waals surface area contributed by atoms with Gasteiger partial charge in [-0.3, -0.25) is 4.79 Å². The van der Waals surface area contributed by atoms with E-state index < -0.39 is 6.04 Å². The summed E-state index contributed by atoms with van der Waals surface area (Å²) in [4.78, 5) is 24.6. The van der Waals surface area contributed by atoms with Crippen LogP contribution in [0.25, 0.3) is 0 Å². The highest BCUT2D eigenvalue weighted by Gasteiger charge is 2.31. The zero-order valence-corrected chi connectivity index (χ0v) is 13.7. The van der Waals surface area contributed by atoms with Crippen LogP contribution < -0.4 is 16.0 Å². The van der Waals surface area contributed by atoms with Gasteiger partial charge in [0.25, 0.3) is 5.91 Å². The Hall–Kier alpha value is -2.79. The molecule has 0 fully saturated rings. The average Bonchev–Trinajstić information content (AvgIpc) is 2.55. The van der Waals surface area contributed by atoms with Crippen LogP contribution in [0.3, 0.4) is 0 Å². The van der Waals surface area contributed by atoms with Crippen molar-refractivity contribution in [3.05, 3.63) is 76.5 Å². The van der Waals surface area contributed by atoms with E-state index in [2.05, 4.69) is 16.0 Å². The number of nitrogens with one attached hydrogen (secondary N) is 3. The molecule has 0 bridgehead atoms. The molecule has 1 atom stereocenters. The van der Waals surface area contributed by atoms with Crippen LogP contribution in [0, 0.1) is 0 Å². The maximum Gasteiger partial charge on any atom is 0.319 e. The molecule has 3 rings (SSSR count). The fraction of sp³-hybridized carbons (Fsp3) is 0.111. The van der Waals surface area contributed by atoms with Gasteiger partial charge in [0.15, 0.2) is 0 Å². The van der Waals surface area contributed by atoms with Crippen LogP contribution in [0.1, 0.15) is 18.5 Å². The van der Waals surface area contributed by atoms with Crippen LogP contribution in [0.5, 0.6) is 0 Å². The predicted octanol–water partition coefficient (Wildman–Crippen LogP) is 3.61. The number of hydrogen-bond donors (Lipinski definition) is 3. The molecular weight excluding hydrogens is 326 g/mol. The molecule has 0 saturated heterocycles. The summed E-state index contributed by atoms with van der Waals surface area (Å²) in [5.74, 6) is -0.281. The predicted molar refractivity (Wildman–Crippen MR) is 93.6 cm³/mol. The van der Waals surface area contributed by atoms with E-state index in [0.717, 1.165) is 5.56 Å². The van der Waals surface area contributed by atoms with E-state index in [4.69, 9.17) is 11.6 Å². The lowest BCUT2D eigenvalue weighted by Gasteiger charge is -2.28. The van der Waals surface area contributed by atoms with Crippen LogP contribution in [-0.4, -0.2) is 11.9 Å². The monoisotopic (exact) mass is 341 g/mol. The molecule has 24 heavy (non-hydrogen) atoms. The van der Waals surface area contributed by atoms with Crippen LogP contribution in [-0.2, 0) is 4.79 Å². The van der Waals surface area contributed by atoms with Gasteiger partial charge < -0.3 is 16.0 Å². The summed E-state index contributed by atoms with van der Waals surface area (Å²) in [7, 11) is 0. The number of benzene rings is 2. The van der Waals surface area contributed by atoms with Gasteiger partial charge in [0.2, 0.25) is 0 Å². The third-order valence-corrected chi connectivity index (χ3v) is 3.96. The molecule has 0 aromatic heterocycles. The second-order valence-electron chi connectivity index (χ2n) is 5.45. The van der Waals surface area contributed by atoms with E-state index in [1.807, 2.05) is 24.3 Å². The molecule has 1 heterocycles. The van der Waals surface area contributed by atoms with Gasteiger partial charge in [-0.15, -0.1) is 0 Å². The first-order valence-corrected chi connectivity index (χ1v) is 7.82. The van der Waals surface area contributed by atoms with Crippen LogP contribution >= 0.6 is 11.6 Å². The third-order valence-electron chi connectivity index (χ3n) is 3.73. The second-order valence-corrected chi connectivity index (χ2v) is 5.88. The van der Waals surface area contributed by atoms with E-state index in [-0.39, 0.29) is 11.9 Å². The minimum atomic E-state index is -0.568. The SMILES string of the molecule is CC1=C(C(=O)Nc2ccccc2)C(c2cccc(Cl)c2)NC(=O)N1. The molecule has 0 radical (unpaired) electrons. The molecule has 0 spiro atoms. The Morgan fingerprint density at radius 2 is 1.88 bits per heavy atom. The number of hydrogen-bond acceptors (Lipinski definition) is 2. The van der Waals surface area contributed by atoms with Gasteiger partial charge in [0.05, 0.1) is 11.6 Å². The van der Waals surface area contributed by atoms with Gasteiger partial charge >= 0.3 is 6.03 Å². The number of urea groups is 1. The van der Waals surface area contributed by atoms with E-state index >= 15 is 0 Å². The maximum absolute atomic E-state index is 12.8. The molecule has 3 N–H and O–H groups in total. The van der Waals surface area contributed by atoms with Gasteiger partial charge in [-0.25, -0.2) is 4.79 Å². The van der Waals surface area contributed by atoms with Gasteiger partial charge in [-0.05, 0) is 36.8 Å². The molecule has 1 aliphatic heterocycles. The smallest absolute Gasteiger partial charge is 0.319 e. The number of amides is 3. The van der Waals surface area contributed by atoms with E-state index in [1.165, 1.54) is 0 Å². The number of carbonyl (C=O) groups excluding carboxylic acids is 2. The lowest BCUT2D eigenvalue weighted by molar-refractivity contribution is -0.113. The Labute approximate surface area is 144 Å². The fourth-order valence-electron chi connectivity index (χ4n) is 2.65. The highest BCUT2D eigenvalue weighted by atomic mass is 35.5. The standard InChI is InChI=1S/C18H16ClN3O2/c1-11-15(17(23)21-14-8-3-2-4-9-14)16(22-18(24)20-11)12-6-5-7-13(19)10-12/h2-10,16H,1H3,(H,21,23)(H2,20,22,24). The number of anilines is 1. The van der Waals surface area contributed by atoms with Crippen molar-refractivity contribution in [2.45, 2.75) is 13.0 Å². The highest BCUT2D eigenvalue weighted by molar-refractivity contribution is 6.30. The summed E-state index contributed by atoms with van der Waals surface area (Å²) in [6, 6.07) is 15.3. The van der Waals surface area contributed by atoms with Gasteiger partial charge in [-0.1, -0.05) is 41.9 Å². The molecule has 0 aliphatic carbocycles. The lowest BCUT2D eigenvalue weighted by Crippen LogP contribution is -2.45. The molecule has 0 saturated carbocycles. The van der Waals surface area contributed by atoms with Crippen molar-refractivity contribution in [3.8, 4) is 0 Å². The Kier molecular flexibility index (Phi) is 4.53. The molecule has 3 amide bonds. The largest absolute Gasteiger partial charge is 0.327 e. The minimum absolute atomic E-state index is 0.281. The fourth-order valence-corrected chi connectivity index (χ4v) is 2.85. The minimum Gasteiger partial charge on any atom is -0.327 e. The lowest BCUT2D eigenvalue weighted by atomic mass is 9.95. The number of allylic oxidation sites excluding steroid dienone is 1. The second kappa shape index (κ2) is 6.76. The van der Waals surface area contributed by atoms with Crippen LogP contribution in [0.15, 0.2) is 65.9 Å². The summed E-state index contributed by atoms with van der Waals surface area (Å²) in [6.45, 7) is 1.70. The van der Waals surface area contributed by atoms with Gasteiger partial charge in [0, 0.05) is 16.4 Å². The summed E-state index contributed by atoms with van der Waals surface area (Å²) in [5.41, 5.74) is 2.39. The van der Waals surface area contributed by atoms with Crippen molar-refractivity contribution in [1.82, 2.24) is 10.6 Å². The summed E-state index contributed by atoms with van der Waals surface area (Å²) >= 11 is 6.05. The maximum atomic E-state index is 12.8. The van der Waals surface area contributed by atoms with Crippen molar-refractivity contribution in [2.24, 2.45) is 0 Å². The van der Waals surface area contributed by atoms with Crippen LogP contribution in [0.4, 0.5) is 10.5 Å². The van der Waals surface area contributed by atoms with Gasteiger partial charge in [-0.2, -0.15) is 0 Å². The number of rotatable bonds is 3. The van der Waals surface area contributed by atoms with Crippen molar-refractivity contribution in [1.29, 1.82) is 0 Å². The average molecular weight is 342 g/mol. The quantitative estimate of drug-likeness (QED) is 0.798. The molecule has 2 aromatic carbocycles. The first kappa shape index (κ1) is 16.1. The van der Waals surface area contributed by atoms with Crippen molar-refractivity contribution >= 4 is 29.2 Å². The normalized spacial score (nSPS) is 17.1. The van der Waals surface area contributed by atoms with Crippen molar-refractivity contribution in [3.63, 3.8) is 0 Å². The summed E-state index contributed by atoms with van der Waals surface area (Å²) < 4.78 is 0.